The highest BCUT2D eigenvalue weighted by Gasteiger charge is 2.23. The molecule has 0 saturated carbocycles. The second-order valence-electron chi connectivity index (χ2n) is 6.68. The molecule has 2 aromatic rings. The number of nitrogens with zero attached hydrogens (tertiary/aromatic N) is 2. The lowest BCUT2D eigenvalue weighted by molar-refractivity contribution is -0.385. The number of hydrogen-bond donors (Lipinski definition) is 0. The molecule has 0 saturated heterocycles. The fraction of sp³-hybridized carbons (Fsp3) is 0.286. The molecule has 0 bridgehead atoms. The van der Waals surface area contributed by atoms with Gasteiger partial charge in [0.2, 0.25) is 0 Å². The van der Waals surface area contributed by atoms with Crippen LogP contribution in [-0.4, -0.2) is 27.6 Å². The number of ketones is 2. The summed E-state index contributed by atoms with van der Waals surface area (Å²) in [5.74, 6) is -1.42. The van der Waals surface area contributed by atoms with E-state index in [1.807, 2.05) is 0 Å². The van der Waals surface area contributed by atoms with Gasteiger partial charge in [0.25, 0.3) is 11.4 Å². The highest BCUT2D eigenvalue weighted by atomic mass is 16.7. The molecule has 11 heteroatoms. The summed E-state index contributed by atoms with van der Waals surface area (Å²) < 4.78 is 10.1. The van der Waals surface area contributed by atoms with Crippen LogP contribution in [-0.2, 0) is 0 Å². The van der Waals surface area contributed by atoms with E-state index in [-0.39, 0.29) is 46.8 Å². The zero-order valence-electron chi connectivity index (χ0n) is 17.4. The van der Waals surface area contributed by atoms with Gasteiger partial charge in [0.15, 0.2) is 11.6 Å². The Bertz CT molecular complexity index is 995. The Kier molecular flexibility index (Phi) is 8.11. The molecular weight excluding hydrogens is 424 g/mol. The minimum Gasteiger partial charge on any atom is -0.394 e. The van der Waals surface area contributed by atoms with Crippen molar-refractivity contribution in [3.8, 4) is 11.5 Å². The molecule has 0 aliphatic heterocycles. The fourth-order valence-electron chi connectivity index (χ4n) is 2.80. The standard InChI is InChI=1S/C21H20N2O9/c1-3-5-17(24)15-11-13(22(27)28)7-9-19(15)31-21(26)32-20-10-8-14(23(29)30)12-16(20)18(25)6-4-2/h7-12H,3-6H2,1-2H3. The van der Waals surface area contributed by atoms with Crippen LogP contribution in [0.1, 0.15) is 60.2 Å². The molecule has 0 fully saturated rings. The van der Waals surface area contributed by atoms with Crippen LogP contribution in [0.25, 0.3) is 0 Å². The van der Waals surface area contributed by atoms with E-state index >= 15 is 0 Å². The normalized spacial score (nSPS) is 10.3. The summed E-state index contributed by atoms with van der Waals surface area (Å²) in [6.45, 7) is 3.49. The summed E-state index contributed by atoms with van der Waals surface area (Å²) in [6, 6.07) is 6.33. The SMILES string of the molecule is CCCC(=O)c1cc([N+](=O)[O-])ccc1OC(=O)Oc1ccc([N+](=O)[O-])cc1C(=O)CCC. The molecule has 0 unspecified atom stereocenters. The maximum Gasteiger partial charge on any atom is 0.519 e. The third-order valence-corrected chi connectivity index (χ3v) is 4.29. The van der Waals surface area contributed by atoms with Gasteiger partial charge in [-0.1, -0.05) is 13.8 Å². The second-order valence-corrected chi connectivity index (χ2v) is 6.68. The summed E-state index contributed by atoms with van der Waals surface area (Å²) >= 11 is 0. The molecule has 0 aliphatic rings. The molecule has 0 heterocycles. The first kappa shape index (κ1) is 24.1. The minimum absolute atomic E-state index is 0.0740. The van der Waals surface area contributed by atoms with Crippen molar-refractivity contribution in [2.45, 2.75) is 39.5 Å². The topological polar surface area (TPSA) is 156 Å². The van der Waals surface area contributed by atoms with Crippen LogP contribution in [0.5, 0.6) is 11.5 Å². The maximum absolute atomic E-state index is 12.4. The van der Waals surface area contributed by atoms with Gasteiger partial charge in [-0.15, -0.1) is 0 Å². The van der Waals surface area contributed by atoms with E-state index in [2.05, 4.69) is 0 Å². The van der Waals surface area contributed by atoms with Gasteiger partial charge in [0, 0.05) is 37.1 Å². The monoisotopic (exact) mass is 444 g/mol. The van der Waals surface area contributed by atoms with Gasteiger partial charge in [-0.2, -0.15) is 0 Å². The molecule has 0 N–H and O–H groups in total. The molecule has 0 atom stereocenters. The van der Waals surface area contributed by atoms with Crippen LogP contribution in [0.4, 0.5) is 16.2 Å². The van der Waals surface area contributed by atoms with E-state index in [1.165, 1.54) is 0 Å². The Labute approximate surface area is 182 Å². The number of hydrogen-bond acceptors (Lipinski definition) is 9. The van der Waals surface area contributed by atoms with Gasteiger partial charge in [-0.3, -0.25) is 29.8 Å². The van der Waals surface area contributed by atoms with E-state index in [0.29, 0.717) is 12.8 Å². The van der Waals surface area contributed by atoms with Crippen LogP contribution in [0.3, 0.4) is 0 Å². The van der Waals surface area contributed by atoms with Gasteiger partial charge in [0.05, 0.1) is 21.0 Å². The average molecular weight is 444 g/mol. The molecule has 11 nitrogen and oxygen atoms in total. The van der Waals surface area contributed by atoms with Crippen LogP contribution in [0.2, 0.25) is 0 Å². The number of non-ortho nitro benzene ring substituents is 2. The first-order valence-electron chi connectivity index (χ1n) is 9.70. The number of carbonyl (C=O) groups excluding carboxylic acids is 3. The molecule has 0 radical (unpaired) electrons. The summed E-state index contributed by atoms with van der Waals surface area (Å²) in [5.41, 5.74) is -1.03. The van der Waals surface area contributed by atoms with Crippen LogP contribution >= 0.6 is 0 Å². The molecule has 2 aromatic carbocycles. The predicted octanol–water partition coefficient (Wildman–Crippen LogP) is 5.05. The second kappa shape index (κ2) is 10.8. The van der Waals surface area contributed by atoms with Gasteiger partial charge in [-0.05, 0) is 25.0 Å². The van der Waals surface area contributed by atoms with Crippen molar-refractivity contribution in [1.82, 2.24) is 0 Å². The third-order valence-electron chi connectivity index (χ3n) is 4.29. The van der Waals surface area contributed by atoms with Gasteiger partial charge in [0.1, 0.15) is 11.5 Å². The number of carbonyl (C=O) groups is 3. The van der Waals surface area contributed by atoms with Gasteiger partial charge < -0.3 is 9.47 Å². The number of ether oxygens (including phenoxy) is 2. The van der Waals surface area contributed by atoms with E-state index in [0.717, 1.165) is 36.4 Å². The number of nitro groups is 2. The molecule has 0 aliphatic carbocycles. The van der Waals surface area contributed by atoms with Crippen molar-refractivity contribution in [3.05, 3.63) is 67.8 Å². The summed E-state index contributed by atoms with van der Waals surface area (Å²) in [7, 11) is 0. The van der Waals surface area contributed by atoms with Crippen molar-refractivity contribution < 1.29 is 33.7 Å². The third kappa shape index (κ3) is 5.94. The first-order valence-corrected chi connectivity index (χ1v) is 9.70. The molecular formula is C21H20N2O9. The number of Topliss-reactive ketones (excluding diaryl/α,β-unsaturated/α-hetero) is 2. The van der Waals surface area contributed by atoms with Crippen LogP contribution < -0.4 is 9.47 Å². The van der Waals surface area contributed by atoms with Crippen molar-refractivity contribution in [2.24, 2.45) is 0 Å². The van der Waals surface area contributed by atoms with Gasteiger partial charge >= 0.3 is 6.16 Å². The zero-order valence-corrected chi connectivity index (χ0v) is 17.4. The number of nitro benzene ring substituents is 2. The van der Waals surface area contributed by atoms with E-state index in [1.54, 1.807) is 13.8 Å². The zero-order chi connectivity index (χ0) is 23.8. The largest absolute Gasteiger partial charge is 0.519 e. The summed E-state index contributed by atoms with van der Waals surface area (Å²) in [5, 5.41) is 22.0. The number of benzene rings is 2. The van der Waals surface area contributed by atoms with E-state index < -0.39 is 27.6 Å². The average Bonchev–Trinajstić information content (AvgIpc) is 2.74. The molecule has 0 spiro atoms. The van der Waals surface area contributed by atoms with Crippen molar-refractivity contribution in [2.75, 3.05) is 0 Å². The van der Waals surface area contributed by atoms with Crippen LogP contribution in [0, 0.1) is 20.2 Å². The predicted molar refractivity (Wildman–Crippen MR) is 111 cm³/mol. The maximum atomic E-state index is 12.4. The van der Waals surface area contributed by atoms with E-state index in [9.17, 15) is 34.6 Å². The summed E-state index contributed by atoms with van der Waals surface area (Å²) in [6.07, 6.45) is -0.229. The number of rotatable bonds is 10. The van der Waals surface area contributed by atoms with Crippen molar-refractivity contribution in [1.29, 1.82) is 0 Å². The molecule has 168 valence electrons. The Morgan fingerprint density at radius 1 is 0.750 bits per heavy atom. The highest BCUT2D eigenvalue weighted by molar-refractivity contribution is 6.00. The molecule has 2 rings (SSSR count). The lowest BCUT2D eigenvalue weighted by Crippen LogP contribution is -2.17. The summed E-state index contributed by atoms with van der Waals surface area (Å²) in [4.78, 5) is 57.7. The van der Waals surface area contributed by atoms with Gasteiger partial charge in [-0.25, -0.2) is 4.79 Å². The molecule has 0 aromatic heterocycles. The van der Waals surface area contributed by atoms with Crippen molar-refractivity contribution in [3.63, 3.8) is 0 Å². The highest BCUT2D eigenvalue weighted by Crippen LogP contribution is 2.29. The Morgan fingerprint density at radius 3 is 1.44 bits per heavy atom. The van der Waals surface area contributed by atoms with Crippen molar-refractivity contribution >= 4 is 29.1 Å². The lowest BCUT2D eigenvalue weighted by Gasteiger charge is -2.11. The molecule has 32 heavy (non-hydrogen) atoms. The Balaban J connectivity index is 2.34. The van der Waals surface area contributed by atoms with E-state index in [4.69, 9.17) is 9.47 Å². The Morgan fingerprint density at radius 2 is 1.12 bits per heavy atom. The first-order chi connectivity index (χ1) is 15.2. The minimum atomic E-state index is -1.32. The lowest BCUT2D eigenvalue weighted by atomic mass is 10.0. The smallest absolute Gasteiger partial charge is 0.394 e. The molecule has 0 amide bonds. The Hall–Kier alpha value is -4.15. The van der Waals surface area contributed by atoms with Crippen LogP contribution in [0.15, 0.2) is 36.4 Å². The fourth-order valence-corrected chi connectivity index (χ4v) is 2.80. The quantitative estimate of drug-likeness (QED) is 0.161.